The third kappa shape index (κ3) is 3.37. The number of halogens is 4. The van der Waals surface area contributed by atoms with E-state index < -0.39 is 11.7 Å². The minimum Gasteiger partial charge on any atom is -0.396 e. The highest BCUT2D eigenvalue weighted by molar-refractivity contribution is 9.10. The van der Waals surface area contributed by atoms with Gasteiger partial charge >= 0.3 is 6.18 Å². The Morgan fingerprint density at radius 2 is 2.05 bits per heavy atom. The lowest BCUT2D eigenvalue weighted by molar-refractivity contribution is -0.137. The Kier molecular flexibility index (Phi) is 4.44. The summed E-state index contributed by atoms with van der Waals surface area (Å²) in [5, 5.41) is 16.4. The van der Waals surface area contributed by atoms with E-state index in [0.717, 1.165) is 12.1 Å². The van der Waals surface area contributed by atoms with Crippen molar-refractivity contribution in [1.82, 2.24) is 15.0 Å². The highest BCUT2D eigenvalue weighted by Gasteiger charge is 2.31. The second-order valence-electron chi connectivity index (χ2n) is 4.15. The van der Waals surface area contributed by atoms with Gasteiger partial charge in [-0.15, -0.1) is 5.10 Å². The molecule has 4 nitrogen and oxygen atoms in total. The third-order valence-corrected chi connectivity index (χ3v) is 3.32. The lowest BCUT2D eigenvalue weighted by atomic mass is 10.2. The highest BCUT2D eigenvalue weighted by Crippen LogP contribution is 2.33. The van der Waals surface area contributed by atoms with Crippen molar-refractivity contribution in [2.75, 3.05) is 6.61 Å². The van der Waals surface area contributed by atoms with Gasteiger partial charge in [-0.1, -0.05) is 5.21 Å². The van der Waals surface area contributed by atoms with Crippen LogP contribution in [0.2, 0.25) is 0 Å². The number of benzene rings is 1. The molecular weight excluding hydrogens is 339 g/mol. The van der Waals surface area contributed by atoms with E-state index in [1.807, 2.05) is 0 Å². The molecule has 1 aromatic heterocycles. The van der Waals surface area contributed by atoms with E-state index in [0.29, 0.717) is 23.0 Å². The average molecular weight is 350 g/mol. The van der Waals surface area contributed by atoms with Gasteiger partial charge in [-0.25, -0.2) is 4.68 Å². The maximum atomic E-state index is 12.7. The molecule has 0 saturated carbocycles. The summed E-state index contributed by atoms with van der Waals surface area (Å²) >= 11 is 3.20. The summed E-state index contributed by atoms with van der Waals surface area (Å²) < 4.78 is 39.9. The minimum absolute atomic E-state index is 0.0279. The van der Waals surface area contributed by atoms with Crippen LogP contribution >= 0.6 is 15.9 Å². The smallest absolute Gasteiger partial charge is 0.396 e. The van der Waals surface area contributed by atoms with E-state index in [1.165, 1.54) is 10.7 Å². The topological polar surface area (TPSA) is 50.9 Å². The number of aryl methyl sites for hydroxylation is 1. The molecule has 1 heterocycles. The summed E-state index contributed by atoms with van der Waals surface area (Å²) in [6, 6.07) is 3.33. The minimum atomic E-state index is -4.41. The molecule has 0 spiro atoms. The Labute approximate surface area is 121 Å². The summed E-state index contributed by atoms with van der Waals surface area (Å²) in [6.07, 6.45) is -1.80. The van der Waals surface area contributed by atoms with E-state index in [9.17, 15) is 13.2 Å². The highest BCUT2D eigenvalue weighted by atomic mass is 79.9. The van der Waals surface area contributed by atoms with E-state index in [4.69, 9.17) is 5.11 Å². The van der Waals surface area contributed by atoms with Crippen LogP contribution in [0.15, 0.2) is 28.9 Å². The van der Waals surface area contributed by atoms with Gasteiger partial charge in [0.05, 0.1) is 23.1 Å². The van der Waals surface area contributed by atoms with Crippen LogP contribution in [0.25, 0.3) is 5.69 Å². The van der Waals surface area contributed by atoms with Crippen LogP contribution < -0.4 is 0 Å². The largest absolute Gasteiger partial charge is 0.416 e. The Bertz CT molecular complexity index is 598. The molecule has 108 valence electrons. The lowest BCUT2D eigenvalue weighted by Crippen LogP contribution is -2.07. The van der Waals surface area contributed by atoms with Gasteiger partial charge in [0, 0.05) is 11.1 Å². The van der Waals surface area contributed by atoms with Crippen LogP contribution in [0, 0.1) is 0 Å². The number of aromatic nitrogens is 3. The molecule has 0 saturated heterocycles. The molecule has 0 radical (unpaired) electrons. The molecule has 0 bridgehead atoms. The molecule has 0 fully saturated rings. The van der Waals surface area contributed by atoms with Gasteiger partial charge in [-0.3, -0.25) is 0 Å². The number of rotatable bonds is 4. The molecule has 1 N–H and O–H groups in total. The van der Waals surface area contributed by atoms with Crippen LogP contribution in [0.5, 0.6) is 0 Å². The first-order chi connectivity index (χ1) is 9.41. The van der Waals surface area contributed by atoms with E-state index in [1.54, 1.807) is 6.20 Å². The molecule has 2 rings (SSSR count). The van der Waals surface area contributed by atoms with E-state index >= 15 is 0 Å². The molecule has 0 atom stereocenters. The molecule has 0 aliphatic heterocycles. The van der Waals surface area contributed by atoms with Crippen molar-refractivity contribution in [2.45, 2.75) is 19.0 Å². The quantitative estimate of drug-likeness (QED) is 0.923. The Hall–Kier alpha value is -1.41. The van der Waals surface area contributed by atoms with Gasteiger partial charge < -0.3 is 5.11 Å². The second kappa shape index (κ2) is 5.92. The molecule has 0 aliphatic carbocycles. The third-order valence-electron chi connectivity index (χ3n) is 2.65. The molecule has 0 aliphatic rings. The standard InChI is InChI=1S/C12H11BrF3N3O/c13-10-4-3-8(12(14,15)16)6-11(10)19-7-9(17-18-19)2-1-5-20/h3-4,6-7,20H,1-2,5H2. The van der Waals surface area contributed by atoms with Crippen LogP contribution in [-0.2, 0) is 12.6 Å². The molecule has 0 amide bonds. The fraction of sp³-hybridized carbons (Fsp3) is 0.333. The number of aliphatic hydroxyl groups is 1. The number of aliphatic hydroxyl groups excluding tert-OH is 1. The summed E-state index contributed by atoms with van der Waals surface area (Å²) in [5.41, 5.74) is 0.133. The second-order valence-corrected chi connectivity index (χ2v) is 5.00. The van der Waals surface area contributed by atoms with Crippen molar-refractivity contribution in [3.05, 3.63) is 40.1 Å². The first kappa shape index (κ1) is 15.0. The Balaban J connectivity index is 2.34. The average Bonchev–Trinajstić information content (AvgIpc) is 2.84. The van der Waals surface area contributed by atoms with Crippen LogP contribution in [-0.4, -0.2) is 26.7 Å². The predicted molar refractivity (Wildman–Crippen MR) is 69.5 cm³/mol. The SMILES string of the molecule is OCCCc1cn(-c2cc(C(F)(F)F)ccc2Br)nn1. The molecular formula is C12H11BrF3N3O. The van der Waals surface area contributed by atoms with E-state index in [-0.39, 0.29) is 12.3 Å². The maximum Gasteiger partial charge on any atom is 0.416 e. The van der Waals surface area contributed by atoms with Gasteiger partial charge in [-0.2, -0.15) is 13.2 Å². The molecule has 2 aromatic rings. The molecule has 8 heteroatoms. The fourth-order valence-corrected chi connectivity index (χ4v) is 2.08. The van der Waals surface area contributed by atoms with Crippen molar-refractivity contribution in [3.8, 4) is 5.69 Å². The van der Waals surface area contributed by atoms with Crippen molar-refractivity contribution < 1.29 is 18.3 Å². The normalized spacial score (nSPS) is 11.8. The van der Waals surface area contributed by atoms with Crippen LogP contribution in [0.3, 0.4) is 0 Å². The summed E-state index contributed by atoms with van der Waals surface area (Å²) in [6.45, 7) is 0.0279. The van der Waals surface area contributed by atoms with Gasteiger partial charge in [0.2, 0.25) is 0 Å². The fourth-order valence-electron chi connectivity index (χ4n) is 1.66. The molecule has 1 aromatic carbocycles. The first-order valence-corrected chi connectivity index (χ1v) is 6.60. The summed E-state index contributed by atoms with van der Waals surface area (Å²) in [4.78, 5) is 0. The Morgan fingerprint density at radius 1 is 1.30 bits per heavy atom. The Morgan fingerprint density at radius 3 is 2.70 bits per heavy atom. The van der Waals surface area contributed by atoms with Crippen molar-refractivity contribution in [2.24, 2.45) is 0 Å². The van der Waals surface area contributed by atoms with Crippen molar-refractivity contribution in [1.29, 1.82) is 0 Å². The van der Waals surface area contributed by atoms with Crippen LogP contribution in [0.1, 0.15) is 17.7 Å². The lowest BCUT2D eigenvalue weighted by Gasteiger charge is -2.10. The van der Waals surface area contributed by atoms with Gasteiger partial charge in [0.25, 0.3) is 0 Å². The van der Waals surface area contributed by atoms with E-state index in [2.05, 4.69) is 26.2 Å². The zero-order valence-electron chi connectivity index (χ0n) is 10.2. The monoisotopic (exact) mass is 349 g/mol. The summed E-state index contributed by atoms with van der Waals surface area (Å²) in [7, 11) is 0. The van der Waals surface area contributed by atoms with Crippen molar-refractivity contribution in [3.63, 3.8) is 0 Å². The van der Waals surface area contributed by atoms with Crippen molar-refractivity contribution >= 4 is 15.9 Å². The predicted octanol–water partition coefficient (Wildman–Crippen LogP) is 2.97. The zero-order chi connectivity index (χ0) is 14.8. The zero-order valence-corrected chi connectivity index (χ0v) is 11.8. The van der Waals surface area contributed by atoms with Gasteiger partial charge in [0.1, 0.15) is 0 Å². The van der Waals surface area contributed by atoms with Crippen LogP contribution in [0.4, 0.5) is 13.2 Å². The maximum absolute atomic E-state index is 12.7. The number of hydrogen-bond acceptors (Lipinski definition) is 3. The van der Waals surface area contributed by atoms with Gasteiger partial charge in [-0.05, 0) is 47.0 Å². The van der Waals surface area contributed by atoms with Gasteiger partial charge in [0.15, 0.2) is 0 Å². The summed E-state index contributed by atoms with van der Waals surface area (Å²) in [5.74, 6) is 0. The number of hydrogen-bond donors (Lipinski definition) is 1. The number of alkyl halides is 3. The molecule has 0 unspecified atom stereocenters. The molecule has 20 heavy (non-hydrogen) atoms. The number of nitrogens with zero attached hydrogens (tertiary/aromatic N) is 3. The first-order valence-electron chi connectivity index (χ1n) is 5.81.